The highest BCUT2D eigenvalue weighted by molar-refractivity contribution is 6.36. The van der Waals surface area contributed by atoms with Gasteiger partial charge in [0, 0.05) is 50.9 Å². The molecule has 0 N–H and O–H groups in total. The van der Waals surface area contributed by atoms with Crippen molar-refractivity contribution in [1.29, 1.82) is 0 Å². The number of nitrogens with zero attached hydrogens (tertiary/aromatic N) is 4. The second-order valence-corrected chi connectivity index (χ2v) is 10.9. The van der Waals surface area contributed by atoms with E-state index in [1.807, 2.05) is 18.6 Å². The Kier molecular flexibility index (Phi) is 4.12. The van der Waals surface area contributed by atoms with Crippen LogP contribution in [0.3, 0.4) is 0 Å². The molecule has 10 rings (SSSR count). The lowest BCUT2D eigenvalue weighted by Gasteiger charge is -2.10. The molecule has 0 amide bonds. The van der Waals surface area contributed by atoms with E-state index in [9.17, 15) is 0 Å². The van der Waals surface area contributed by atoms with Gasteiger partial charge in [-0.2, -0.15) is 0 Å². The van der Waals surface area contributed by atoms with E-state index in [4.69, 9.17) is 14.4 Å². The Bertz CT molecular complexity index is 2750. The molecule has 10 aromatic rings. The molecule has 0 bridgehead atoms. The smallest absolute Gasteiger partial charge is 0.235 e. The van der Waals surface area contributed by atoms with Gasteiger partial charge in [-0.3, -0.25) is 9.55 Å². The zero-order chi connectivity index (χ0) is 27.4. The molecular formula is C37H20N4O. The van der Waals surface area contributed by atoms with E-state index in [1.54, 1.807) is 0 Å². The lowest BCUT2D eigenvalue weighted by molar-refractivity contribution is 0.676. The summed E-state index contributed by atoms with van der Waals surface area (Å²) in [6, 6.07) is 35.9. The first-order valence-electron chi connectivity index (χ1n) is 14.0. The van der Waals surface area contributed by atoms with Crippen LogP contribution >= 0.6 is 0 Å². The minimum absolute atomic E-state index is 0.633. The average Bonchev–Trinajstić information content (AvgIpc) is 3.61. The molecule has 0 spiro atoms. The number of rotatable bonds is 1. The Balaban J connectivity index is 1.45. The Morgan fingerprint density at radius 1 is 0.524 bits per heavy atom. The molecular weight excluding hydrogens is 516 g/mol. The van der Waals surface area contributed by atoms with Crippen molar-refractivity contribution < 1.29 is 4.42 Å². The molecule has 194 valence electrons. The van der Waals surface area contributed by atoms with Crippen molar-refractivity contribution in [2.75, 3.05) is 0 Å². The van der Waals surface area contributed by atoms with Crippen LogP contribution in [0.15, 0.2) is 126 Å². The maximum atomic E-state index is 6.80. The molecule has 0 saturated heterocycles. The first kappa shape index (κ1) is 21.9. The first-order chi connectivity index (χ1) is 20.8. The van der Waals surface area contributed by atoms with Crippen molar-refractivity contribution in [1.82, 2.24) is 19.5 Å². The summed E-state index contributed by atoms with van der Waals surface area (Å²) in [5.74, 6) is 0.633. The van der Waals surface area contributed by atoms with Gasteiger partial charge in [-0.25, -0.2) is 9.97 Å². The summed E-state index contributed by atoms with van der Waals surface area (Å²) in [5.41, 5.74) is 4.71. The van der Waals surface area contributed by atoms with Gasteiger partial charge in [-0.1, -0.05) is 78.9 Å². The van der Waals surface area contributed by atoms with Crippen LogP contribution < -0.4 is 0 Å². The van der Waals surface area contributed by atoms with Crippen LogP contribution in [-0.2, 0) is 0 Å². The van der Waals surface area contributed by atoms with Crippen molar-refractivity contribution >= 4 is 87.0 Å². The molecule has 5 heteroatoms. The molecule has 4 aromatic heterocycles. The molecule has 0 saturated carbocycles. The maximum Gasteiger partial charge on any atom is 0.235 e. The molecule has 0 radical (unpaired) electrons. The molecule has 0 unspecified atom stereocenters. The van der Waals surface area contributed by atoms with Gasteiger partial charge < -0.3 is 4.42 Å². The van der Waals surface area contributed by atoms with Crippen LogP contribution in [-0.4, -0.2) is 19.5 Å². The van der Waals surface area contributed by atoms with Gasteiger partial charge in [0.25, 0.3) is 0 Å². The standard InChI is InChI=1S/C37H20N4O/c1-3-9-23-21(7-1)14-16-30-28(23)20-39-37(40-30)41-31-12-6-5-11-26(31)32-25-17-18-38-19-29(25)36-33(34(32)41)27-15-13-22-8-2-4-10-24(22)35(27)42-36/h1-20H. The molecule has 4 heterocycles. The monoisotopic (exact) mass is 536 g/mol. The molecule has 0 aliphatic rings. The Hall–Kier alpha value is -5.81. The van der Waals surface area contributed by atoms with E-state index in [-0.39, 0.29) is 0 Å². The van der Waals surface area contributed by atoms with Crippen molar-refractivity contribution in [2.24, 2.45) is 0 Å². The molecule has 6 aromatic carbocycles. The Morgan fingerprint density at radius 3 is 2.19 bits per heavy atom. The van der Waals surface area contributed by atoms with Crippen LogP contribution in [0.25, 0.3) is 92.9 Å². The van der Waals surface area contributed by atoms with Crippen LogP contribution in [0.4, 0.5) is 0 Å². The van der Waals surface area contributed by atoms with Crippen molar-refractivity contribution in [2.45, 2.75) is 0 Å². The lowest BCUT2D eigenvalue weighted by atomic mass is 10.00. The van der Waals surface area contributed by atoms with Gasteiger partial charge in [0.1, 0.15) is 11.2 Å². The molecule has 0 aliphatic carbocycles. The van der Waals surface area contributed by atoms with Crippen molar-refractivity contribution in [3.63, 3.8) is 0 Å². The lowest BCUT2D eigenvalue weighted by Crippen LogP contribution is -2.01. The highest BCUT2D eigenvalue weighted by atomic mass is 16.3. The third-order valence-electron chi connectivity index (χ3n) is 8.70. The third-order valence-corrected chi connectivity index (χ3v) is 8.70. The topological polar surface area (TPSA) is 56.7 Å². The van der Waals surface area contributed by atoms with E-state index in [1.165, 1.54) is 5.39 Å². The second-order valence-electron chi connectivity index (χ2n) is 10.9. The van der Waals surface area contributed by atoms with Crippen LogP contribution in [0, 0.1) is 0 Å². The molecule has 42 heavy (non-hydrogen) atoms. The highest BCUT2D eigenvalue weighted by Crippen LogP contribution is 2.46. The summed E-state index contributed by atoms with van der Waals surface area (Å²) < 4.78 is 9.01. The van der Waals surface area contributed by atoms with Gasteiger partial charge in [0.15, 0.2) is 0 Å². The molecule has 5 nitrogen and oxygen atoms in total. The van der Waals surface area contributed by atoms with E-state index in [0.717, 1.165) is 81.6 Å². The van der Waals surface area contributed by atoms with E-state index in [0.29, 0.717) is 5.95 Å². The average molecular weight is 537 g/mol. The summed E-state index contributed by atoms with van der Waals surface area (Å²) in [7, 11) is 0. The molecule has 0 fully saturated rings. The van der Waals surface area contributed by atoms with Crippen molar-refractivity contribution in [3.8, 4) is 5.95 Å². The summed E-state index contributed by atoms with van der Waals surface area (Å²) in [6.07, 6.45) is 5.74. The van der Waals surface area contributed by atoms with Gasteiger partial charge in [0.05, 0.1) is 21.9 Å². The fraction of sp³-hybridized carbons (Fsp3) is 0. The van der Waals surface area contributed by atoms with Gasteiger partial charge in [0.2, 0.25) is 5.95 Å². The number of fused-ring (bicyclic) bond motifs is 15. The van der Waals surface area contributed by atoms with Crippen LogP contribution in [0.2, 0.25) is 0 Å². The number of hydrogen-bond donors (Lipinski definition) is 0. The Labute approximate surface area is 238 Å². The largest absolute Gasteiger partial charge is 0.455 e. The number of aromatic nitrogens is 4. The van der Waals surface area contributed by atoms with E-state index >= 15 is 0 Å². The zero-order valence-electron chi connectivity index (χ0n) is 22.2. The normalized spacial score (nSPS) is 12.3. The number of furan rings is 1. The summed E-state index contributed by atoms with van der Waals surface area (Å²) in [6.45, 7) is 0. The maximum absolute atomic E-state index is 6.80. The predicted molar refractivity (Wildman–Crippen MR) is 171 cm³/mol. The van der Waals surface area contributed by atoms with Gasteiger partial charge in [-0.05, 0) is 45.8 Å². The quantitative estimate of drug-likeness (QED) is 0.196. The second kappa shape index (κ2) is 7.89. The van der Waals surface area contributed by atoms with Gasteiger partial charge >= 0.3 is 0 Å². The SMILES string of the molecule is c1ccc2c(c1)ccc1nc(-n3c4ccccc4c4c5ccncc5c5oc6c7ccccc7ccc6c5c43)ncc12. The van der Waals surface area contributed by atoms with Crippen LogP contribution in [0.1, 0.15) is 0 Å². The summed E-state index contributed by atoms with van der Waals surface area (Å²) in [4.78, 5) is 14.7. The molecule has 0 atom stereocenters. The fourth-order valence-corrected chi connectivity index (χ4v) is 6.88. The van der Waals surface area contributed by atoms with E-state index < -0.39 is 0 Å². The Morgan fingerprint density at radius 2 is 1.29 bits per heavy atom. The van der Waals surface area contributed by atoms with Crippen molar-refractivity contribution in [3.05, 3.63) is 122 Å². The molecule has 0 aliphatic heterocycles. The minimum Gasteiger partial charge on any atom is -0.455 e. The zero-order valence-corrected chi connectivity index (χ0v) is 22.2. The summed E-state index contributed by atoms with van der Waals surface area (Å²) in [5, 5.41) is 12.1. The number of pyridine rings is 1. The number of benzene rings is 6. The number of para-hydroxylation sites is 1. The minimum atomic E-state index is 0.633. The number of hydrogen-bond acceptors (Lipinski definition) is 4. The third kappa shape index (κ3) is 2.74. The summed E-state index contributed by atoms with van der Waals surface area (Å²) >= 11 is 0. The van der Waals surface area contributed by atoms with E-state index in [2.05, 4.69) is 113 Å². The van der Waals surface area contributed by atoms with Crippen LogP contribution in [0.5, 0.6) is 0 Å². The van der Waals surface area contributed by atoms with Gasteiger partial charge in [-0.15, -0.1) is 0 Å². The predicted octanol–water partition coefficient (Wildman–Crippen LogP) is 9.48. The fourth-order valence-electron chi connectivity index (χ4n) is 6.88. The first-order valence-corrected chi connectivity index (χ1v) is 14.0. The highest BCUT2D eigenvalue weighted by Gasteiger charge is 2.24.